The van der Waals surface area contributed by atoms with Crippen LogP contribution in [0.4, 0.5) is 0 Å². The van der Waals surface area contributed by atoms with E-state index in [0.717, 1.165) is 18.1 Å². The Morgan fingerprint density at radius 1 is 1.60 bits per heavy atom. The molecule has 0 aromatic rings. The van der Waals surface area contributed by atoms with Crippen LogP contribution >= 0.6 is 11.8 Å². The van der Waals surface area contributed by atoms with E-state index in [4.69, 9.17) is 4.74 Å². The van der Waals surface area contributed by atoms with E-state index >= 15 is 0 Å². The van der Waals surface area contributed by atoms with Gasteiger partial charge in [0, 0.05) is 18.4 Å². The highest BCUT2D eigenvalue weighted by molar-refractivity contribution is 7.99. The second-order valence-corrected chi connectivity index (χ2v) is 5.55. The minimum absolute atomic E-state index is 0.0182. The number of carbonyl (C=O) groups excluding carboxylic acids is 1. The van der Waals surface area contributed by atoms with Gasteiger partial charge in [-0.1, -0.05) is 6.92 Å². The number of methoxy groups -OCH3 is 1. The van der Waals surface area contributed by atoms with E-state index in [9.17, 15) is 4.79 Å². The number of nitrogens with one attached hydrogen (secondary N) is 1. The van der Waals surface area contributed by atoms with Crippen molar-refractivity contribution in [2.45, 2.75) is 50.5 Å². The summed E-state index contributed by atoms with van der Waals surface area (Å²) in [4.78, 5) is 11.6. The van der Waals surface area contributed by atoms with E-state index in [2.05, 4.69) is 12.2 Å². The van der Waals surface area contributed by atoms with E-state index in [0.29, 0.717) is 6.04 Å². The first-order valence-electron chi connectivity index (χ1n) is 5.62. The molecule has 15 heavy (non-hydrogen) atoms. The fourth-order valence-electron chi connectivity index (χ4n) is 1.88. The van der Waals surface area contributed by atoms with Gasteiger partial charge in [0.05, 0.1) is 0 Å². The van der Waals surface area contributed by atoms with Crippen molar-refractivity contribution in [3.8, 4) is 0 Å². The van der Waals surface area contributed by atoms with Crippen molar-refractivity contribution in [3.05, 3.63) is 0 Å². The van der Waals surface area contributed by atoms with Gasteiger partial charge in [-0.05, 0) is 31.9 Å². The molecule has 88 valence electrons. The Kier molecular flexibility index (Phi) is 5.47. The Morgan fingerprint density at radius 2 is 2.33 bits per heavy atom. The van der Waals surface area contributed by atoms with E-state index in [1.54, 1.807) is 14.0 Å². The molecule has 0 aromatic carbocycles. The average Bonchev–Trinajstić information content (AvgIpc) is 2.65. The summed E-state index contributed by atoms with van der Waals surface area (Å²) in [6.45, 7) is 3.96. The fraction of sp³-hybridized carbons (Fsp3) is 0.909. The molecule has 3 atom stereocenters. The van der Waals surface area contributed by atoms with Crippen LogP contribution in [0.15, 0.2) is 0 Å². The number of ether oxygens (including phenoxy) is 1. The van der Waals surface area contributed by atoms with Crippen molar-refractivity contribution in [3.63, 3.8) is 0 Å². The summed E-state index contributed by atoms with van der Waals surface area (Å²) >= 11 is 2.00. The third kappa shape index (κ3) is 4.03. The minimum atomic E-state index is -0.331. The third-order valence-electron chi connectivity index (χ3n) is 2.86. The predicted octanol–water partition coefficient (Wildman–Crippen LogP) is 1.81. The topological polar surface area (TPSA) is 38.3 Å². The summed E-state index contributed by atoms with van der Waals surface area (Å²) < 4.78 is 4.98. The maximum atomic E-state index is 11.6. The van der Waals surface area contributed by atoms with Crippen LogP contribution in [0.1, 0.15) is 33.1 Å². The zero-order chi connectivity index (χ0) is 11.3. The van der Waals surface area contributed by atoms with Crippen LogP contribution in [0.5, 0.6) is 0 Å². The molecule has 0 saturated heterocycles. The Hall–Kier alpha value is -0.220. The Balaban J connectivity index is 2.26. The number of amides is 1. The van der Waals surface area contributed by atoms with Gasteiger partial charge in [0.2, 0.25) is 5.91 Å². The molecule has 3 unspecified atom stereocenters. The Bertz CT molecular complexity index is 211. The first kappa shape index (κ1) is 12.8. The first-order chi connectivity index (χ1) is 7.17. The molecule has 0 radical (unpaired) electrons. The van der Waals surface area contributed by atoms with Gasteiger partial charge in [-0.3, -0.25) is 4.79 Å². The van der Waals surface area contributed by atoms with Crippen molar-refractivity contribution < 1.29 is 9.53 Å². The largest absolute Gasteiger partial charge is 0.372 e. The van der Waals surface area contributed by atoms with Crippen LogP contribution in [-0.2, 0) is 9.53 Å². The second-order valence-electron chi connectivity index (χ2n) is 3.97. The number of carbonyl (C=O) groups is 1. The molecule has 1 rings (SSSR count). The minimum Gasteiger partial charge on any atom is -0.372 e. The van der Waals surface area contributed by atoms with Crippen molar-refractivity contribution in [1.82, 2.24) is 5.32 Å². The smallest absolute Gasteiger partial charge is 0.249 e. The van der Waals surface area contributed by atoms with Crippen LogP contribution in [0.25, 0.3) is 0 Å². The molecule has 4 heteroatoms. The molecule has 1 saturated carbocycles. The fourth-order valence-corrected chi connectivity index (χ4v) is 3.03. The maximum absolute atomic E-state index is 11.6. The lowest BCUT2D eigenvalue weighted by atomic mass is 10.2. The van der Waals surface area contributed by atoms with E-state index in [1.165, 1.54) is 12.2 Å². The van der Waals surface area contributed by atoms with Crippen molar-refractivity contribution in [2.75, 3.05) is 12.9 Å². The molecular formula is C11H21NO2S. The number of thioether (sulfide) groups is 1. The quantitative estimate of drug-likeness (QED) is 0.784. The molecule has 3 nitrogen and oxygen atoms in total. The lowest BCUT2D eigenvalue weighted by Gasteiger charge is -2.16. The van der Waals surface area contributed by atoms with Gasteiger partial charge in [0.25, 0.3) is 0 Å². The van der Waals surface area contributed by atoms with Crippen LogP contribution in [0.2, 0.25) is 0 Å². The highest BCUT2D eigenvalue weighted by Crippen LogP contribution is 2.29. The highest BCUT2D eigenvalue weighted by atomic mass is 32.2. The molecule has 0 bridgehead atoms. The summed E-state index contributed by atoms with van der Waals surface area (Å²) in [6, 6.07) is 0.360. The van der Waals surface area contributed by atoms with Crippen molar-refractivity contribution in [1.29, 1.82) is 0 Å². The van der Waals surface area contributed by atoms with E-state index in [-0.39, 0.29) is 12.0 Å². The molecule has 1 aliphatic carbocycles. The summed E-state index contributed by atoms with van der Waals surface area (Å²) in [5.74, 6) is 1.18. The van der Waals surface area contributed by atoms with Crippen molar-refractivity contribution in [2.24, 2.45) is 0 Å². The standard InChI is InChI=1S/C11H21NO2S/c1-4-15-10-6-5-9(7-10)12-11(13)8(2)14-3/h8-10H,4-7H2,1-3H3,(H,12,13). The summed E-state index contributed by atoms with van der Waals surface area (Å²) in [6.07, 6.45) is 3.12. The average molecular weight is 231 g/mol. The first-order valence-corrected chi connectivity index (χ1v) is 6.67. The van der Waals surface area contributed by atoms with Gasteiger partial charge >= 0.3 is 0 Å². The second kappa shape index (κ2) is 6.38. The van der Waals surface area contributed by atoms with Crippen molar-refractivity contribution >= 4 is 17.7 Å². The van der Waals surface area contributed by atoms with Gasteiger partial charge in [-0.2, -0.15) is 11.8 Å². The SMILES string of the molecule is CCSC1CCC(NC(=O)C(C)OC)C1. The van der Waals surface area contributed by atoms with Gasteiger partial charge < -0.3 is 10.1 Å². The van der Waals surface area contributed by atoms with Gasteiger partial charge in [-0.15, -0.1) is 0 Å². The number of hydrogen-bond acceptors (Lipinski definition) is 3. The molecule has 0 aliphatic heterocycles. The number of hydrogen-bond donors (Lipinski definition) is 1. The normalized spacial score (nSPS) is 27.7. The van der Waals surface area contributed by atoms with E-state index < -0.39 is 0 Å². The Morgan fingerprint density at radius 3 is 2.93 bits per heavy atom. The van der Waals surface area contributed by atoms with Crippen LogP contribution in [0.3, 0.4) is 0 Å². The number of rotatable bonds is 5. The molecule has 1 N–H and O–H groups in total. The lowest BCUT2D eigenvalue weighted by molar-refractivity contribution is -0.130. The monoisotopic (exact) mass is 231 g/mol. The van der Waals surface area contributed by atoms with E-state index in [1.807, 2.05) is 11.8 Å². The van der Waals surface area contributed by atoms with Gasteiger partial charge in [0.15, 0.2) is 0 Å². The maximum Gasteiger partial charge on any atom is 0.249 e. The summed E-state index contributed by atoms with van der Waals surface area (Å²) in [7, 11) is 1.56. The zero-order valence-electron chi connectivity index (χ0n) is 9.79. The molecule has 1 fully saturated rings. The molecule has 1 amide bonds. The highest BCUT2D eigenvalue weighted by Gasteiger charge is 2.26. The van der Waals surface area contributed by atoms with Gasteiger partial charge in [0.1, 0.15) is 6.10 Å². The summed E-state index contributed by atoms with van der Waals surface area (Å²) in [5, 5.41) is 3.78. The lowest BCUT2D eigenvalue weighted by Crippen LogP contribution is -2.39. The van der Waals surface area contributed by atoms with Crippen LogP contribution in [0, 0.1) is 0 Å². The molecule has 0 aromatic heterocycles. The molecule has 0 spiro atoms. The predicted molar refractivity (Wildman–Crippen MR) is 64.2 cm³/mol. The third-order valence-corrected chi connectivity index (χ3v) is 4.09. The van der Waals surface area contributed by atoms with Crippen LogP contribution < -0.4 is 5.32 Å². The van der Waals surface area contributed by atoms with Crippen LogP contribution in [-0.4, -0.2) is 36.2 Å². The van der Waals surface area contributed by atoms with Gasteiger partial charge in [-0.25, -0.2) is 0 Å². The molecule has 0 heterocycles. The Labute approximate surface area is 96.3 Å². The summed E-state index contributed by atoms with van der Waals surface area (Å²) in [5.41, 5.74) is 0. The molecular weight excluding hydrogens is 210 g/mol. The molecule has 1 aliphatic rings. The zero-order valence-corrected chi connectivity index (χ0v) is 10.6.